The van der Waals surface area contributed by atoms with Crippen LogP contribution in [0.4, 0.5) is 13.2 Å². The van der Waals surface area contributed by atoms with Gasteiger partial charge in [0, 0.05) is 0 Å². The average Bonchev–Trinajstić information content (AvgIpc) is 2.37. The minimum atomic E-state index is -4.57. The van der Waals surface area contributed by atoms with Gasteiger partial charge in [0.2, 0.25) is 0 Å². The highest BCUT2D eigenvalue weighted by Crippen LogP contribution is 2.27. The largest absolute Gasteiger partial charge is 0.494 e. The van der Waals surface area contributed by atoms with Crippen molar-refractivity contribution in [1.82, 2.24) is 0 Å². The molecular formula is C13H14F3NO2. The van der Waals surface area contributed by atoms with E-state index in [1.807, 2.05) is 6.92 Å². The van der Waals surface area contributed by atoms with E-state index in [9.17, 15) is 13.2 Å². The third-order valence-corrected chi connectivity index (χ3v) is 2.26. The van der Waals surface area contributed by atoms with Gasteiger partial charge in [-0.25, -0.2) is 0 Å². The van der Waals surface area contributed by atoms with Crippen molar-refractivity contribution in [1.29, 1.82) is 5.26 Å². The first-order valence-electron chi connectivity index (χ1n) is 5.79. The molecule has 0 N–H and O–H groups in total. The Hall–Kier alpha value is -1.90. The van der Waals surface area contributed by atoms with Crippen LogP contribution in [0.5, 0.6) is 11.5 Å². The van der Waals surface area contributed by atoms with Crippen molar-refractivity contribution in [3.63, 3.8) is 0 Å². The lowest BCUT2D eigenvalue weighted by Gasteiger charge is -2.14. The van der Waals surface area contributed by atoms with E-state index in [2.05, 4.69) is 0 Å². The second kappa shape index (κ2) is 6.88. The summed E-state index contributed by atoms with van der Waals surface area (Å²) >= 11 is 0. The van der Waals surface area contributed by atoms with Gasteiger partial charge in [0.1, 0.15) is 18.1 Å². The third-order valence-electron chi connectivity index (χ3n) is 2.26. The number of benzene rings is 1. The number of nitriles is 1. The maximum atomic E-state index is 12.3. The van der Waals surface area contributed by atoms with Gasteiger partial charge in [-0.2, -0.15) is 18.4 Å². The van der Waals surface area contributed by atoms with Crippen molar-refractivity contribution in [3.8, 4) is 17.6 Å². The number of hydrogen-bond donors (Lipinski definition) is 0. The summed E-state index contributed by atoms with van der Waals surface area (Å²) in [5, 5.41) is 8.41. The smallest absolute Gasteiger partial charge is 0.407 e. The number of halogens is 3. The maximum Gasteiger partial charge on any atom is 0.407 e. The molecule has 104 valence electrons. The van der Waals surface area contributed by atoms with Gasteiger partial charge in [-0.1, -0.05) is 6.92 Å². The Morgan fingerprint density at radius 2 is 1.68 bits per heavy atom. The SMILES string of the molecule is CCCOc1ccc(OCC(C#N)C(F)(F)F)cc1. The Kier molecular flexibility index (Phi) is 5.49. The van der Waals surface area contributed by atoms with Crippen molar-refractivity contribution in [3.05, 3.63) is 24.3 Å². The van der Waals surface area contributed by atoms with Crippen molar-refractivity contribution in [2.24, 2.45) is 5.92 Å². The number of ether oxygens (including phenoxy) is 2. The molecule has 0 fully saturated rings. The van der Waals surface area contributed by atoms with E-state index in [1.165, 1.54) is 18.2 Å². The molecular weight excluding hydrogens is 259 g/mol. The fraction of sp³-hybridized carbons (Fsp3) is 0.462. The van der Waals surface area contributed by atoms with Gasteiger partial charge in [0.05, 0.1) is 12.7 Å². The predicted octanol–water partition coefficient (Wildman–Crippen LogP) is 3.56. The van der Waals surface area contributed by atoms with E-state index >= 15 is 0 Å². The molecule has 0 heterocycles. The molecule has 1 rings (SSSR count). The summed E-state index contributed by atoms with van der Waals surface area (Å²) in [6.45, 7) is 1.83. The van der Waals surface area contributed by atoms with Crippen molar-refractivity contribution >= 4 is 0 Å². The van der Waals surface area contributed by atoms with Crippen LogP contribution in [-0.4, -0.2) is 19.4 Å². The minimum absolute atomic E-state index is 0.272. The number of alkyl halides is 3. The molecule has 6 heteroatoms. The van der Waals surface area contributed by atoms with Crippen LogP contribution in [0.15, 0.2) is 24.3 Å². The number of hydrogen-bond acceptors (Lipinski definition) is 3. The van der Waals surface area contributed by atoms with Gasteiger partial charge in [0.25, 0.3) is 0 Å². The first-order chi connectivity index (χ1) is 8.97. The quantitative estimate of drug-likeness (QED) is 0.796. The first-order valence-corrected chi connectivity index (χ1v) is 5.79. The molecule has 0 amide bonds. The van der Waals surface area contributed by atoms with Gasteiger partial charge in [-0.05, 0) is 30.7 Å². The summed E-state index contributed by atoms with van der Waals surface area (Å²) in [6.07, 6.45) is -3.70. The molecule has 1 aromatic carbocycles. The van der Waals surface area contributed by atoms with Crippen LogP contribution in [0.1, 0.15) is 13.3 Å². The summed E-state index contributed by atoms with van der Waals surface area (Å²) < 4.78 is 47.2. The molecule has 0 aliphatic heterocycles. The highest BCUT2D eigenvalue weighted by Gasteiger charge is 2.40. The van der Waals surface area contributed by atoms with Gasteiger partial charge >= 0.3 is 6.18 Å². The molecule has 1 atom stereocenters. The lowest BCUT2D eigenvalue weighted by molar-refractivity contribution is -0.165. The van der Waals surface area contributed by atoms with E-state index in [4.69, 9.17) is 14.7 Å². The molecule has 0 aromatic heterocycles. The summed E-state index contributed by atoms with van der Waals surface area (Å²) in [6, 6.07) is 7.42. The van der Waals surface area contributed by atoms with Gasteiger partial charge in [-0.3, -0.25) is 0 Å². The molecule has 0 radical (unpaired) electrons. The second-order valence-electron chi connectivity index (χ2n) is 3.85. The van der Waals surface area contributed by atoms with Crippen LogP contribution >= 0.6 is 0 Å². The zero-order chi connectivity index (χ0) is 14.3. The van der Waals surface area contributed by atoms with Crippen molar-refractivity contribution in [2.45, 2.75) is 19.5 Å². The molecule has 0 saturated heterocycles. The Balaban J connectivity index is 2.52. The predicted molar refractivity (Wildman–Crippen MR) is 62.9 cm³/mol. The third kappa shape index (κ3) is 5.08. The lowest BCUT2D eigenvalue weighted by atomic mass is 10.2. The second-order valence-corrected chi connectivity index (χ2v) is 3.85. The molecule has 3 nitrogen and oxygen atoms in total. The standard InChI is InChI=1S/C13H14F3NO2/c1-2-7-18-11-3-5-12(6-4-11)19-9-10(8-17)13(14,15)16/h3-6,10H,2,7,9H2,1H3. The molecule has 1 aromatic rings. The zero-order valence-electron chi connectivity index (χ0n) is 10.4. The van der Waals surface area contributed by atoms with Crippen LogP contribution < -0.4 is 9.47 Å². The van der Waals surface area contributed by atoms with E-state index in [0.717, 1.165) is 6.42 Å². The molecule has 19 heavy (non-hydrogen) atoms. The zero-order valence-corrected chi connectivity index (χ0v) is 10.4. The lowest BCUT2D eigenvalue weighted by Crippen LogP contribution is -2.27. The van der Waals surface area contributed by atoms with Gasteiger partial charge < -0.3 is 9.47 Å². The van der Waals surface area contributed by atoms with E-state index < -0.39 is 18.7 Å². The highest BCUT2D eigenvalue weighted by molar-refractivity contribution is 5.31. The summed E-state index contributed by atoms with van der Waals surface area (Å²) in [4.78, 5) is 0. The molecule has 0 bridgehead atoms. The summed E-state index contributed by atoms with van der Waals surface area (Å²) in [7, 11) is 0. The molecule has 1 unspecified atom stereocenters. The number of rotatable bonds is 6. The van der Waals surface area contributed by atoms with Crippen molar-refractivity contribution in [2.75, 3.05) is 13.2 Å². The first kappa shape index (κ1) is 15.2. The van der Waals surface area contributed by atoms with Crippen LogP contribution in [0.2, 0.25) is 0 Å². The topological polar surface area (TPSA) is 42.2 Å². The maximum absolute atomic E-state index is 12.3. The van der Waals surface area contributed by atoms with Gasteiger partial charge in [0.15, 0.2) is 5.92 Å². The number of nitrogens with zero attached hydrogens (tertiary/aromatic N) is 1. The van der Waals surface area contributed by atoms with Crippen LogP contribution in [-0.2, 0) is 0 Å². The van der Waals surface area contributed by atoms with Crippen LogP contribution in [0, 0.1) is 17.2 Å². The van der Waals surface area contributed by atoms with Gasteiger partial charge in [-0.15, -0.1) is 0 Å². The average molecular weight is 273 g/mol. The van der Waals surface area contributed by atoms with E-state index in [0.29, 0.717) is 12.4 Å². The van der Waals surface area contributed by atoms with Crippen LogP contribution in [0.3, 0.4) is 0 Å². The Labute approximate surface area is 109 Å². The Morgan fingerprint density at radius 3 is 2.11 bits per heavy atom. The fourth-order valence-electron chi connectivity index (χ4n) is 1.24. The molecule has 0 saturated carbocycles. The van der Waals surface area contributed by atoms with Crippen LogP contribution in [0.25, 0.3) is 0 Å². The Bertz CT molecular complexity index is 423. The minimum Gasteiger partial charge on any atom is -0.494 e. The van der Waals surface area contributed by atoms with E-state index in [1.54, 1.807) is 12.1 Å². The molecule has 0 aliphatic rings. The highest BCUT2D eigenvalue weighted by atomic mass is 19.4. The normalized spacial score (nSPS) is 12.6. The van der Waals surface area contributed by atoms with E-state index in [-0.39, 0.29) is 5.75 Å². The molecule has 0 aliphatic carbocycles. The monoisotopic (exact) mass is 273 g/mol. The fourth-order valence-corrected chi connectivity index (χ4v) is 1.24. The summed E-state index contributed by atoms with van der Waals surface area (Å²) in [5.41, 5.74) is 0. The summed E-state index contributed by atoms with van der Waals surface area (Å²) in [5.74, 6) is -1.22. The molecule has 0 spiro atoms. The van der Waals surface area contributed by atoms with Crippen molar-refractivity contribution < 1.29 is 22.6 Å². The Morgan fingerprint density at radius 1 is 1.16 bits per heavy atom.